The highest BCUT2D eigenvalue weighted by Gasteiger charge is 2.67. The van der Waals surface area contributed by atoms with E-state index >= 15 is 0 Å². The number of ether oxygens (including phenoxy) is 1. The summed E-state index contributed by atoms with van der Waals surface area (Å²) < 4.78 is 5.89. The third-order valence-corrected chi connectivity index (χ3v) is 5.16. The van der Waals surface area contributed by atoms with Crippen LogP contribution in [0.4, 0.5) is 0 Å². The molecule has 2 bridgehead atoms. The maximum absolute atomic E-state index is 12.8. The van der Waals surface area contributed by atoms with Crippen molar-refractivity contribution in [2.24, 2.45) is 11.8 Å². The number of amides is 1. The average Bonchev–Trinajstić information content (AvgIpc) is 3.15. The van der Waals surface area contributed by atoms with Crippen LogP contribution in [0.2, 0.25) is 0 Å². The summed E-state index contributed by atoms with van der Waals surface area (Å²) in [5.41, 5.74) is 0.283. The summed E-state index contributed by atoms with van der Waals surface area (Å²) in [4.78, 5) is 26.1. The molecule has 114 valence electrons. The van der Waals surface area contributed by atoms with Crippen LogP contribution in [0.5, 0.6) is 0 Å². The van der Waals surface area contributed by atoms with Crippen LogP contribution in [0.25, 0.3) is 0 Å². The number of nitrogens with zero attached hydrogens (tertiary/aromatic N) is 1. The highest BCUT2D eigenvalue weighted by atomic mass is 16.5. The van der Waals surface area contributed by atoms with Crippen LogP contribution in [-0.4, -0.2) is 40.1 Å². The number of carbonyl (C=O) groups excluding carboxylic acids is 1. The molecule has 5 heteroatoms. The molecule has 5 nitrogen and oxygen atoms in total. The molecule has 5 atom stereocenters. The van der Waals surface area contributed by atoms with E-state index in [-0.39, 0.29) is 11.9 Å². The number of carboxylic acids is 1. The summed E-state index contributed by atoms with van der Waals surface area (Å²) >= 11 is 0. The number of rotatable bonds is 3. The monoisotopic (exact) mass is 299 g/mol. The van der Waals surface area contributed by atoms with E-state index in [2.05, 4.69) is 0 Å². The molecule has 0 radical (unpaired) electrons. The van der Waals surface area contributed by atoms with Crippen LogP contribution < -0.4 is 0 Å². The standard InChI is InChI=1S/C17H17NO4/c1-10(11-5-3-2-4-6-11)18-9-17-8-7-12(22-17)13(16(20)21)14(17)15(18)19/h2-8,10,12-14H,9H2,1H3,(H,20,21)/t10-,12-,13+,14-,17+/m1/s1. The van der Waals surface area contributed by atoms with Crippen molar-refractivity contribution >= 4 is 11.9 Å². The molecule has 1 aromatic carbocycles. The van der Waals surface area contributed by atoms with E-state index in [1.807, 2.05) is 43.3 Å². The molecule has 1 aromatic rings. The molecule has 2 saturated heterocycles. The van der Waals surface area contributed by atoms with Crippen molar-refractivity contribution in [3.8, 4) is 0 Å². The molecule has 1 N–H and O–H groups in total. The summed E-state index contributed by atoms with van der Waals surface area (Å²) in [5, 5.41) is 9.45. The smallest absolute Gasteiger partial charge is 0.310 e. The molecule has 1 spiro atoms. The summed E-state index contributed by atoms with van der Waals surface area (Å²) in [6.07, 6.45) is 3.21. The lowest BCUT2D eigenvalue weighted by atomic mass is 9.77. The Hall–Kier alpha value is -2.14. The van der Waals surface area contributed by atoms with Crippen LogP contribution in [0.1, 0.15) is 18.5 Å². The topological polar surface area (TPSA) is 66.8 Å². The largest absolute Gasteiger partial charge is 0.481 e. The van der Waals surface area contributed by atoms with E-state index in [1.54, 1.807) is 11.0 Å². The molecule has 22 heavy (non-hydrogen) atoms. The van der Waals surface area contributed by atoms with Gasteiger partial charge in [0.25, 0.3) is 0 Å². The van der Waals surface area contributed by atoms with Crippen molar-refractivity contribution in [2.75, 3.05) is 6.54 Å². The zero-order chi connectivity index (χ0) is 15.5. The van der Waals surface area contributed by atoms with Crippen molar-refractivity contribution in [3.63, 3.8) is 0 Å². The van der Waals surface area contributed by atoms with Crippen molar-refractivity contribution in [1.29, 1.82) is 0 Å². The molecule has 3 aliphatic rings. The van der Waals surface area contributed by atoms with Gasteiger partial charge in [-0.05, 0) is 12.5 Å². The zero-order valence-corrected chi connectivity index (χ0v) is 12.2. The number of hydrogen-bond acceptors (Lipinski definition) is 3. The van der Waals surface area contributed by atoms with Crippen LogP contribution >= 0.6 is 0 Å². The number of carboxylic acid groups (broad SMARTS) is 1. The minimum absolute atomic E-state index is 0.0980. The average molecular weight is 299 g/mol. The lowest BCUT2D eigenvalue weighted by molar-refractivity contribution is -0.148. The molecule has 3 heterocycles. The van der Waals surface area contributed by atoms with E-state index in [0.717, 1.165) is 5.56 Å². The first-order valence-corrected chi connectivity index (χ1v) is 7.49. The third-order valence-electron chi connectivity index (χ3n) is 5.16. The Balaban J connectivity index is 1.68. The number of aliphatic carboxylic acids is 1. The Labute approximate surface area is 128 Å². The van der Waals surface area contributed by atoms with Crippen molar-refractivity contribution in [1.82, 2.24) is 4.90 Å². The highest BCUT2D eigenvalue weighted by Crippen LogP contribution is 2.53. The minimum Gasteiger partial charge on any atom is -0.481 e. The van der Waals surface area contributed by atoms with Crippen LogP contribution in [0, 0.1) is 11.8 Å². The summed E-state index contributed by atoms with van der Waals surface area (Å²) in [6.45, 7) is 2.39. The van der Waals surface area contributed by atoms with E-state index in [1.165, 1.54) is 0 Å². The maximum atomic E-state index is 12.8. The Bertz CT molecular complexity index is 670. The van der Waals surface area contributed by atoms with E-state index in [9.17, 15) is 14.7 Å². The van der Waals surface area contributed by atoms with Gasteiger partial charge in [0.15, 0.2) is 0 Å². The SMILES string of the molecule is C[C@H](c1ccccc1)N1C[C@]23C=C[C@@H](O2)[C@H](C(=O)O)[C@@H]3C1=O. The normalized spacial score (nSPS) is 36.7. The number of benzene rings is 1. The number of carbonyl (C=O) groups is 2. The second kappa shape index (κ2) is 4.43. The van der Waals surface area contributed by atoms with E-state index < -0.39 is 29.5 Å². The second-order valence-corrected chi connectivity index (χ2v) is 6.29. The number of hydrogen-bond donors (Lipinski definition) is 1. The van der Waals surface area contributed by atoms with Gasteiger partial charge < -0.3 is 14.7 Å². The fourth-order valence-corrected chi connectivity index (χ4v) is 4.05. The minimum atomic E-state index is -0.955. The van der Waals surface area contributed by atoms with Gasteiger partial charge in [-0.1, -0.05) is 42.5 Å². The van der Waals surface area contributed by atoms with Gasteiger partial charge in [-0.2, -0.15) is 0 Å². The van der Waals surface area contributed by atoms with Gasteiger partial charge in [0.05, 0.1) is 24.6 Å². The predicted molar refractivity (Wildman–Crippen MR) is 77.9 cm³/mol. The fraction of sp³-hybridized carbons (Fsp3) is 0.412. The lowest BCUT2D eigenvalue weighted by Gasteiger charge is -2.27. The molecule has 0 saturated carbocycles. The molecule has 0 aliphatic carbocycles. The second-order valence-electron chi connectivity index (χ2n) is 6.29. The van der Waals surface area contributed by atoms with Gasteiger partial charge in [0.2, 0.25) is 5.91 Å². The van der Waals surface area contributed by atoms with Crippen molar-refractivity contribution in [2.45, 2.75) is 24.7 Å². The quantitative estimate of drug-likeness (QED) is 0.861. The van der Waals surface area contributed by atoms with Gasteiger partial charge in [-0.3, -0.25) is 9.59 Å². The van der Waals surface area contributed by atoms with Gasteiger partial charge in [0, 0.05) is 0 Å². The fourth-order valence-electron chi connectivity index (χ4n) is 4.05. The molecule has 1 amide bonds. The van der Waals surface area contributed by atoms with Gasteiger partial charge in [0.1, 0.15) is 11.5 Å². The molecular weight excluding hydrogens is 282 g/mol. The van der Waals surface area contributed by atoms with Gasteiger partial charge in [-0.15, -0.1) is 0 Å². The molecule has 0 aromatic heterocycles. The first-order valence-electron chi connectivity index (χ1n) is 7.49. The van der Waals surface area contributed by atoms with Gasteiger partial charge >= 0.3 is 5.97 Å². The Morgan fingerprint density at radius 1 is 1.41 bits per heavy atom. The molecule has 3 aliphatic heterocycles. The number of fused-ring (bicyclic) bond motifs is 1. The molecule has 0 unspecified atom stereocenters. The molecule has 4 rings (SSSR count). The molecule has 2 fully saturated rings. The highest BCUT2D eigenvalue weighted by molar-refractivity contribution is 5.91. The van der Waals surface area contributed by atoms with Gasteiger partial charge in [-0.25, -0.2) is 0 Å². The Kier molecular flexibility index (Phi) is 2.72. The summed E-state index contributed by atoms with van der Waals surface area (Å²) in [7, 11) is 0. The van der Waals surface area contributed by atoms with E-state index in [0.29, 0.717) is 6.54 Å². The zero-order valence-electron chi connectivity index (χ0n) is 12.2. The summed E-state index contributed by atoms with van der Waals surface area (Å²) in [5.74, 6) is -2.45. The lowest BCUT2D eigenvalue weighted by Crippen LogP contribution is -2.39. The Morgan fingerprint density at radius 2 is 2.14 bits per heavy atom. The predicted octanol–water partition coefficient (Wildman–Crippen LogP) is 1.61. The first-order chi connectivity index (χ1) is 10.5. The summed E-state index contributed by atoms with van der Waals surface area (Å²) in [6, 6.07) is 9.67. The number of likely N-dealkylation sites (tertiary alicyclic amines) is 1. The first kappa shape index (κ1) is 13.5. The van der Waals surface area contributed by atoms with Crippen LogP contribution in [-0.2, 0) is 14.3 Å². The Morgan fingerprint density at radius 3 is 2.82 bits per heavy atom. The molecular formula is C17H17NO4. The van der Waals surface area contributed by atoms with Crippen molar-refractivity contribution in [3.05, 3.63) is 48.0 Å². The van der Waals surface area contributed by atoms with Crippen LogP contribution in [0.3, 0.4) is 0 Å². The van der Waals surface area contributed by atoms with E-state index in [4.69, 9.17) is 4.74 Å². The third kappa shape index (κ3) is 1.63. The maximum Gasteiger partial charge on any atom is 0.310 e. The van der Waals surface area contributed by atoms with Crippen molar-refractivity contribution < 1.29 is 19.4 Å². The van der Waals surface area contributed by atoms with Crippen LogP contribution in [0.15, 0.2) is 42.5 Å².